The first kappa shape index (κ1) is 69.9. The molecule has 15 heteroatoms. The molecule has 0 aromatic heterocycles. The normalized spacial score (nSPS) is 28.3. The second-order valence-electron chi connectivity index (χ2n) is 30.1. The van der Waals surface area contributed by atoms with E-state index in [-0.39, 0.29) is 0 Å². The Morgan fingerprint density at radius 1 is 0.396 bits per heavy atom. The number of methoxy groups -OCH3 is 6. The van der Waals surface area contributed by atoms with Gasteiger partial charge in [0.25, 0.3) is 0 Å². The van der Waals surface area contributed by atoms with Crippen LogP contribution in [0.1, 0.15) is 164 Å². The van der Waals surface area contributed by atoms with Gasteiger partial charge in [-0.1, -0.05) is 41.5 Å². The highest BCUT2D eigenvalue weighted by molar-refractivity contribution is 5.52. The quantitative estimate of drug-likeness (QED) is 0.0786. The molecule has 9 aliphatic rings. The predicted octanol–water partition coefficient (Wildman–Crippen LogP) is 12.3. The number of benzene rings is 3. The van der Waals surface area contributed by atoms with E-state index in [1.54, 1.807) is 42.7 Å². The Morgan fingerprint density at radius 3 is 1.09 bits per heavy atom. The first-order valence-electron chi connectivity index (χ1n) is 36.1. The van der Waals surface area contributed by atoms with E-state index in [2.05, 4.69) is 109 Å². The van der Waals surface area contributed by atoms with Gasteiger partial charge in [-0.2, -0.15) is 0 Å². The van der Waals surface area contributed by atoms with Crippen molar-refractivity contribution in [3.63, 3.8) is 0 Å². The molecule has 0 spiro atoms. The van der Waals surface area contributed by atoms with Gasteiger partial charge in [-0.15, -0.1) is 0 Å². The molecule has 12 rings (SSSR count). The van der Waals surface area contributed by atoms with Crippen LogP contribution in [0.5, 0.6) is 34.5 Å². The zero-order valence-electron chi connectivity index (χ0n) is 58.6. The first-order valence-corrected chi connectivity index (χ1v) is 36.1. The average Bonchev–Trinajstić information content (AvgIpc) is 0.838. The third kappa shape index (κ3) is 18.2. The minimum Gasteiger partial charge on any atom is -0.493 e. The summed E-state index contributed by atoms with van der Waals surface area (Å²) in [7, 11) is 10.4. The van der Waals surface area contributed by atoms with Crippen molar-refractivity contribution in [2.75, 3.05) is 154 Å². The molecule has 1 unspecified atom stereocenters. The Balaban J connectivity index is 0.000000150. The molecule has 6 saturated heterocycles. The zero-order chi connectivity index (χ0) is 64.0. The Kier molecular flexibility index (Phi) is 26.2. The minimum absolute atomic E-state index is 0.468. The Bertz CT molecular complexity index is 2570. The SMILES string of the molecule is COc1cc2c(cc1OC)[C@H]1C[C@@H](COCC3CCNC3)[C@H](CC(C)C)CN1CC2.COc1cc2c(cc1OC)[C@H]1C[C@@H](COCC3CCNCC3)[C@H](CC(C)C)CN1CC2.COc1cc2c(cc1OC)[C@H]1C[C@@H](COC[C@H]3CCCN3)[C@H](CC(C)C)CN1CC2. The fourth-order valence-corrected chi connectivity index (χ4v) is 17.7. The van der Waals surface area contributed by atoms with Crippen LogP contribution in [0.4, 0.5) is 0 Å². The highest BCUT2D eigenvalue weighted by Gasteiger charge is 2.43. The van der Waals surface area contributed by atoms with Gasteiger partial charge in [0.2, 0.25) is 0 Å². The standard InChI is InChI=1S/C26H42N2O3.2C25H40N2O3/c1-18(2)11-21-15-28-10-7-20-13-25(29-3)26(30-4)14-23(20)24(28)12-22(21)17-31-16-19-5-8-27-9-6-19;1-17(2)9-20-14-27-8-6-19-11-24(28-3)25(29-4)12-22(19)23(27)10-21(20)16-30-15-18-5-7-26-13-18;1-17(2)10-19-14-27-9-7-18-12-24(28-3)25(29-4)13-22(18)23(27)11-20(19)15-30-16-21-6-5-8-26-21/h13-14,18-19,21-22,24,27H,5-12,15-17H2,1-4H3;11-12,17-18,20-21,23,26H,5-10,13-16H2,1-4H3;12-13,17,19-21,23,26H,5-11,14-16H2,1-4H3/t21-,22+,24-;18?,20-,21+,23-;19-,20+,21-,23-/m111/s1. The van der Waals surface area contributed by atoms with E-state index in [1.165, 1.54) is 124 Å². The van der Waals surface area contributed by atoms with Crippen LogP contribution < -0.4 is 44.4 Å². The number of fused-ring (bicyclic) bond motifs is 9. The first-order chi connectivity index (χ1) is 44.3. The Labute approximate surface area is 550 Å². The minimum atomic E-state index is 0.468. The number of piperidine rings is 4. The molecule has 3 aromatic rings. The van der Waals surface area contributed by atoms with Gasteiger partial charge in [-0.05, 0) is 251 Å². The molecule has 0 amide bonds. The summed E-state index contributed by atoms with van der Waals surface area (Å²) >= 11 is 0. The van der Waals surface area contributed by atoms with Gasteiger partial charge >= 0.3 is 0 Å². The summed E-state index contributed by atoms with van der Waals surface area (Å²) in [4.78, 5) is 8.17. The molecule has 11 atom stereocenters. The second-order valence-corrected chi connectivity index (χ2v) is 30.1. The molecule has 9 aliphatic heterocycles. The molecular weight excluding hydrogens is 1140 g/mol. The lowest BCUT2D eigenvalue weighted by atomic mass is 9.74. The Morgan fingerprint density at radius 2 is 0.747 bits per heavy atom. The second kappa shape index (κ2) is 34.2. The largest absolute Gasteiger partial charge is 0.493 e. The predicted molar refractivity (Wildman–Crippen MR) is 366 cm³/mol. The van der Waals surface area contributed by atoms with Crippen LogP contribution in [-0.4, -0.2) is 175 Å². The Hall–Kier alpha value is -3.90. The molecule has 3 N–H and O–H groups in total. The van der Waals surface area contributed by atoms with Crippen molar-refractivity contribution in [1.82, 2.24) is 30.7 Å². The molecule has 6 fully saturated rings. The van der Waals surface area contributed by atoms with Crippen LogP contribution in [0.2, 0.25) is 0 Å². The number of rotatable bonds is 24. The maximum atomic E-state index is 6.38. The van der Waals surface area contributed by atoms with Crippen LogP contribution in [0.15, 0.2) is 36.4 Å². The molecule has 510 valence electrons. The summed E-state index contributed by atoms with van der Waals surface area (Å²) < 4.78 is 52.6. The van der Waals surface area contributed by atoms with E-state index in [1.807, 2.05) is 0 Å². The summed E-state index contributed by atoms with van der Waals surface area (Å²) in [5.74, 6) is 12.8. The lowest BCUT2D eigenvalue weighted by Crippen LogP contribution is -2.47. The molecule has 0 aliphatic carbocycles. The molecule has 0 radical (unpaired) electrons. The van der Waals surface area contributed by atoms with Gasteiger partial charge < -0.3 is 58.6 Å². The average molecular weight is 1260 g/mol. The maximum absolute atomic E-state index is 6.38. The maximum Gasteiger partial charge on any atom is 0.161 e. The van der Waals surface area contributed by atoms with E-state index < -0.39 is 0 Å². The van der Waals surface area contributed by atoms with E-state index in [4.69, 9.17) is 42.6 Å². The van der Waals surface area contributed by atoms with E-state index in [0.717, 1.165) is 187 Å². The summed E-state index contributed by atoms with van der Waals surface area (Å²) in [5, 5.41) is 10.5. The van der Waals surface area contributed by atoms with Crippen molar-refractivity contribution in [3.05, 3.63) is 69.8 Å². The highest BCUT2D eigenvalue weighted by Crippen LogP contribution is 2.49. The fourth-order valence-electron chi connectivity index (χ4n) is 17.7. The van der Waals surface area contributed by atoms with E-state index in [9.17, 15) is 0 Å². The molecule has 0 bridgehead atoms. The smallest absolute Gasteiger partial charge is 0.161 e. The number of hydrogen-bond acceptors (Lipinski definition) is 15. The molecule has 0 saturated carbocycles. The van der Waals surface area contributed by atoms with Gasteiger partial charge in [-0.3, -0.25) is 14.7 Å². The van der Waals surface area contributed by atoms with Crippen LogP contribution >= 0.6 is 0 Å². The third-order valence-corrected chi connectivity index (χ3v) is 22.5. The molecule has 15 nitrogen and oxygen atoms in total. The molecule has 91 heavy (non-hydrogen) atoms. The lowest BCUT2D eigenvalue weighted by Gasteiger charge is -2.48. The van der Waals surface area contributed by atoms with Crippen molar-refractivity contribution in [2.45, 2.75) is 156 Å². The van der Waals surface area contributed by atoms with Crippen molar-refractivity contribution in [3.8, 4) is 34.5 Å². The van der Waals surface area contributed by atoms with Gasteiger partial charge in [0, 0.05) is 96.4 Å². The van der Waals surface area contributed by atoms with E-state index in [0.29, 0.717) is 47.8 Å². The zero-order valence-corrected chi connectivity index (χ0v) is 58.6. The van der Waals surface area contributed by atoms with Crippen molar-refractivity contribution in [1.29, 1.82) is 0 Å². The summed E-state index contributed by atoms with van der Waals surface area (Å²) in [5.41, 5.74) is 8.58. The van der Waals surface area contributed by atoms with Crippen LogP contribution in [0.3, 0.4) is 0 Å². The van der Waals surface area contributed by atoms with Crippen LogP contribution in [0, 0.1) is 65.1 Å². The highest BCUT2D eigenvalue weighted by atomic mass is 16.5. The number of ether oxygens (including phenoxy) is 9. The number of nitrogens with zero attached hydrogens (tertiary/aromatic N) is 3. The van der Waals surface area contributed by atoms with Gasteiger partial charge in [0.15, 0.2) is 34.5 Å². The van der Waals surface area contributed by atoms with Crippen molar-refractivity contribution in [2.24, 2.45) is 65.1 Å². The summed E-state index contributed by atoms with van der Waals surface area (Å²) in [6, 6.07) is 15.3. The number of nitrogens with one attached hydrogen (secondary N) is 3. The van der Waals surface area contributed by atoms with Crippen molar-refractivity contribution < 1.29 is 42.6 Å². The van der Waals surface area contributed by atoms with Crippen molar-refractivity contribution >= 4 is 0 Å². The fraction of sp³-hybridized carbons (Fsp3) is 0.763. The van der Waals surface area contributed by atoms with E-state index >= 15 is 0 Å². The number of hydrogen-bond donors (Lipinski definition) is 3. The van der Waals surface area contributed by atoms with Crippen LogP contribution in [0.25, 0.3) is 0 Å². The van der Waals surface area contributed by atoms with Gasteiger partial charge in [-0.25, -0.2) is 0 Å². The summed E-state index contributed by atoms with van der Waals surface area (Å²) in [6.45, 7) is 32.3. The molecule has 3 aromatic carbocycles. The third-order valence-electron chi connectivity index (χ3n) is 22.5. The monoisotopic (exact) mass is 1260 g/mol. The van der Waals surface area contributed by atoms with Gasteiger partial charge in [0.1, 0.15) is 0 Å². The van der Waals surface area contributed by atoms with Crippen LogP contribution in [-0.2, 0) is 33.5 Å². The molecule has 9 heterocycles. The summed E-state index contributed by atoms with van der Waals surface area (Å²) in [6.07, 6.45) is 17.0. The molecular formula is C76H122N6O9. The lowest BCUT2D eigenvalue weighted by molar-refractivity contribution is -0.0151. The topological polar surface area (TPSA) is 129 Å². The van der Waals surface area contributed by atoms with Gasteiger partial charge in [0.05, 0.1) is 55.9 Å².